The van der Waals surface area contributed by atoms with Crippen LogP contribution in [0.3, 0.4) is 0 Å². The van der Waals surface area contributed by atoms with Crippen molar-refractivity contribution in [3.05, 3.63) is 65.7 Å². The lowest BCUT2D eigenvalue weighted by Crippen LogP contribution is -2.32. The third kappa shape index (κ3) is 7.01. The van der Waals surface area contributed by atoms with E-state index in [1.54, 1.807) is 28.9 Å². The number of nitrogens with one attached hydrogen (secondary N) is 1. The molecule has 226 valence electrons. The van der Waals surface area contributed by atoms with E-state index in [0.717, 1.165) is 22.4 Å². The van der Waals surface area contributed by atoms with E-state index in [1.165, 1.54) is 11.8 Å². The second-order valence-electron chi connectivity index (χ2n) is 11.1. The zero-order valence-electron chi connectivity index (χ0n) is 24.1. The average Bonchev–Trinajstić information content (AvgIpc) is 3.54. The molecule has 1 aliphatic carbocycles. The molecule has 43 heavy (non-hydrogen) atoms. The monoisotopic (exact) mass is 610 g/mol. The highest BCUT2D eigenvalue weighted by Crippen LogP contribution is 2.40. The highest BCUT2D eigenvalue weighted by atomic mass is 32.2. The van der Waals surface area contributed by atoms with E-state index in [0.29, 0.717) is 22.4 Å². The molecule has 5 rings (SSSR count). The molecule has 1 aliphatic heterocycles. The average molecular weight is 611 g/mol. The summed E-state index contributed by atoms with van der Waals surface area (Å²) < 4.78 is 40.4. The van der Waals surface area contributed by atoms with Gasteiger partial charge in [0.05, 0.1) is 29.3 Å². The quantitative estimate of drug-likeness (QED) is 0.231. The summed E-state index contributed by atoms with van der Waals surface area (Å²) in [5, 5.41) is 16.4. The van der Waals surface area contributed by atoms with E-state index in [2.05, 4.69) is 34.5 Å². The van der Waals surface area contributed by atoms with Gasteiger partial charge < -0.3 is 5.32 Å². The molecule has 1 aromatic heterocycles. The minimum atomic E-state index is -4.20. The summed E-state index contributed by atoms with van der Waals surface area (Å²) in [6.07, 6.45) is -2.21. The Hall–Kier alpha value is -3.93. The Labute approximate surface area is 252 Å². The van der Waals surface area contributed by atoms with Crippen LogP contribution in [0.25, 0.3) is 11.3 Å². The standard InChI is InChI=1S/C31H33F3N6O2S/c1-19(2)24-6-4-5-7-26(24)40-28(41)18-43-30(40)37-35-17-20-8-10-21(11-9-20)25-16-27(39(3)38-25)36-29(42)22-12-14-23(15-13-22)31(32,33)34/h4-11,16-17,19,22-23H,12-15,18H2,1-3H3,(H,36,42). The third-order valence-electron chi connectivity index (χ3n) is 7.81. The van der Waals surface area contributed by atoms with E-state index < -0.39 is 18.0 Å². The zero-order chi connectivity index (χ0) is 30.7. The fraction of sp³-hybridized carbons (Fsp3) is 0.387. The molecule has 0 radical (unpaired) electrons. The number of rotatable bonds is 7. The number of aryl methyl sites for hydroxylation is 1. The van der Waals surface area contributed by atoms with Gasteiger partial charge in [0.2, 0.25) is 11.8 Å². The van der Waals surface area contributed by atoms with Gasteiger partial charge in [-0.25, -0.2) is 0 Å². The van der Waals surface area contributed by atoms with Crippen LogP contribution in [0, 0.1) is 11.8 Å². The van der Waals surface area contributed by atoms with Crippen LogP contribution in [0.5, 0.6) is 0 Å². The van der Waals surface area contributed by atoms with Gasteiger partial charge in [-0.2, -0.15) is 23.4 Å². The fourth-order valence-corrected chi connectivity index (χ4v) is 6.19. The predicted octanol–water partition coefficient (Wildman–Crippen LogP) is 6.99. The molecule has 0 spiro atoms. The Morgan fingerprint density at radius 1 is 1.09 bits per heavy atom. The van der Waals surface area contributed by atoms with Crippen molar-refractivity contribution in [1.82, 2.24) is 9.78 Å². The summed E-state index contributed by atoms with van der Waals surface area (Å²) >= 11 is 1.35. The predicted molar refractivity (Wildman–Crippen MR) is 164 cm³/mol. The van der Waals surface area contributed by atoms with Crippen molar-refractivity contribution in [1.29, 1.82) is 0 Å². The molecule has 1 saturated carbocycles. The number of carbonyl (C=O) groups excluding carboxylic acids is 2. The van der Waals surface area contributed by atoms with Crippen LogP contribution >= 0.6 is 11.8 Å². The molecule has 3 aromatic rings. The van der Waals surface area contributed by atoms with Gasteiger partial charge in [-0.05, 0) is 48.8 Å². The molecule has 12 heteroatoms. The van der Waals surface area contributed by atoms with Gasteiger partial charge in [0.15, 0.2) is 5.17 Å². The van der Waals surface area contributed by atoms with Gasteiger partial charge in [0.1, 0.15) is 5.82 Å². The number of carbonyl (C=O) groups is 2. The number of para-hydroxylation sites is 1. The minimum absolute atomic E-state index is 0.0260. The maximum atomic E-state index is 13.0. The summed E-state index contributed by atoms with van der Waals surface area (Å²) in [6.45, 7) is 4.17. The van der Waals surface area contributed by atoms with Crippen LogP contribution in [0.2, 0.25) is 0 Å². The number of alkyl halides is 3. The van der Waals surface area contributed by atoms with Gasteiger partial charge in [-0.3, -0.25) is 19.2 Å². The van der Waals surface area contributed by atoms with Crippen LogP contribution in [-0.2, 0) is 16.6 Å². The molecule has 2 aliphatic rings. The SMILES string of the molecule is CC(C)c1ccccc1N1C(=O)CSC1=NN=Cc1ccc(-c2cc(NC(=O)C3CCC(C(F)(F)F)CC3)n(C)n2)cc1. The van der Waals surface area contributed by atoms with Crippen molar-refractivity contribution >= 4 is 46.5 Å². The second kappa shape index (κ2) is 12.7. The number of hydrogen-bond donors (Lipinski definition) is 1. The molecule has 2 amide bonds. The van der Waals surface area contributed by atoms with E-state index >= 15 is 0 Å². The Morgan fingerprint density at radius 2 is 1.79 bits per heavy atom. The first-order valence-corrected chi connectivity index (χ1v) is 15.2. The van der Waals surface area contributed by atoms with Crippen molar-refractivity contribution in [3.63, 3.8) is 0 Å². The van der Waals surface area contributed by atoms with Crippen LogP contribution in [0.15, 0.2) is 64.8 Å². The lowest BCUT2D eigenvalue weighted by atomic mass is 9.81. The zero-order valence-corrected chi connectivity index (χ0v) is 25.0. The number of amidine groups is 1. The molecular weight excluding hydrogens is 577 g/mol. The van der Waals surface area contributed by atoms with E-state index in [4.69, 9.17) is 0 Å². The first-order valence-electron chi connectivity index (χ1n) is 14.2. The van der Waals surface area contributed by atoms with Crippen molar-refractivity contribution in [2.45, 2.75) is 51.6 Å². The van der Waals surface area contributed by atoms with Crippen molar-refractivity contribution in [2.24, 2.45) is 29.1 Å². The number of anilines is 2. The van der Waals surface area contributed by atoms with Gasteiger partial charge in [-0.1, -0.05) is 68.1 Å². The summed E-state index contributed by atoms with van der Waals surface area (Å²) in [4.78, 5) is 27.1. The molecule has 0 atom stereocenters. The fourth-order valence-electron chi connectivity index (χ4n) is 5.37. The molecule has 1 N–H and O–H groups in total. The summed E-state index contributed by atoms with van der Waals surface area (Å²) in [7, 11) is 1.70. The van der Waals surface area contributed by atoms with Crippen LogP contribution in [0.1, 0.15) is 56.6 Å². The van der Waals surface area contributed by atoms with Crippen LogP contribution in [-0.4, -0.2) is 44.9 Å². The molecule has 2 aromatic carbocycles. The van der Waals surface area contributed by atoms with E-state index in [-0.39, 0.29) is 43.4 Å². The van der Waals surface area contributed by atoms with Crippen molar-refractivity contribution in [3.8, 4) is 11.3 Å². The smallest absolute Gasteiger partial charge is 0.311 e. The third-order valence-corrected chi connectivity index (χ3v) is 8.73. The second-order valence-corrected chi connectivity index (χ2v) is 12.0. The molecule has 2 fully saturated rings. The van der Waals surface area contributed by atoms with Crippen LogP contribution in [0.4, 0.5) is 24.7 Å². The normalized spacial score (nSPS) is 20.5. The maximum absolute atomic E-state index is 13.0. The highest BCUT2D eigenvalue weighted by molar-refractivity contribution is 8.15. The molecule has 1 saturated heterocycles. The Kier molecular flexibility index (Phi) is 9.05. The molecular formula is C31H33F3N6O2S. The number of nitrogens with zero attached hydrogens (tertiary/aromatic N) is 5. The van der Waals surface area contributed by atoms with Crippen molar-refractivity contribution < 1.29 is 22.8 Å². The first-order chi connectivity index (χ1) is 20.5. The summed E-state index contributed by atoms with van der Waals surface area (Å²) in [5.41, 5.74) is 4.15. The van der Waals surface area contributed by atoms with E-state index in [1.807, 2.05) is 48.5 Å². The molecule has 0 bridgehead atoms. The largest absolute Gasteiger partial charge is 0.391 e. The van der Waals surface area contributed by atoms with Gasteiger partial charge in [0, 0.05) is 24.6 Å². The summed E-state index contributed by atoms with van der Waals surface area (Å²) in [6, 6.07) is 17.0. The van der Waals surface area contributed by atoms with Crippen molar-refractivity contribution in [2.75, 3.05) is 16.0 Å². The lowest BCUT2D eigenvalue weighted by Gasteiger charge is -2.29. The van der Waals surface area contributed by atoms with Gasteiger partial charge in [-0.15, -0.1) is 5.10 Å². The highest BCUT2D eigenvalue weighted by Gasteiger charge is 2.42. The molecule has 0 unspecified atom stereocenters. The Balaban J connectivity index is 1.22. The first kappa shape index (κ1) is 30.5. The summed E-state index contributed by atoms with van der Waals surface area (Å²) in [5.74, 6) is -1.05. The number of thioether (sulfide) groups is 1. The van der Waals surface area contributed by atoms with E-state index in [9.17, 15) is 22.8 Å². The lowest BCUT2D eigenvalue weighted by molar-refractivity contribution is -0.184. The number of halogens is 3. The Morgan fingerprint density at radius 3 is 2.47 bits per heavy atom. The Bertz CT molecular complexity index is 1540. The van der Waals surface area contributed by atoms with Gasteiger partial charge in [0.25, 0.3) is 0 Å². The number of benzene rings is 2. The maximum Gasteiger partial charge on any atom is 0.391 e. The van der Waals surface area contributed by atoms with Gasteiger partial charge >= 0.3 is 6.18 Å². The minimum Gasteiger partial charge on any atom is -0.311 e. The number of amides is 2. The number of aromatic nitrogens is 2. The number of hydrogen-bond acceptors (Lipinski definition) is 6. The van der Waals surface area contributed by atoms with Crippen LogP contribution < -0.4 is 10.2 Å². The topological polar surface area (TPSA) is 92.0 Å². The molecule has 2 heterocycles. The molecule has 8 nitrogen and oxygen atoms in total.